The number of carbonyl (C=O) groups excluding carboxylic acids is 1. The average Bonchev–Trinajstić information content (AvgIpc) is 2.90. The summed E-state index contributed by atoms with van der Waals surface area (Å²) in [5.74, 6) is 0.316. The van der Waals surface area contributed by atoms with Crippen LogP contribution < -0.4 is 16.2 Å². The molecule has 1 atom stereocenters. The third-order valence-corrected chi connectivity index (χ3v) is 3.33. The van der Waals surface area contributed by atoms with Crippen molar-refractivity contribution in [1.29, 1.82) is 0 Å². The normalized spacial score (nSPS) is 18.6. The summed E-state index contributed by atoms with van der Waals surface area (Å²) in [5, 5.41) is 1.48. The van der Waals surface area contributed by atoms with Gasteiger partial charge in [0.25, 0.3) is 5.91 Å². The first-order chi connectivity index (χ1) is 9.79. The van der Waals surface area contributed by atoms with Crippen LogP contribution in [0, 0.1) is 0 Å². The first-order valence-corrected chi connectivity index (χ1v) is 6.42. The van der Waals surface area contributed by atoms with Gasteiger partial charge in [-0.15, -0.1) is 0 Å². The number of nitrogens with two attached hydrogens (primary N) is 1. The van der Waals surface area contributed by atoms with E-state index in [0.717, 1.165) is 11.1 Å². The predicted molar refractivity (Wildman–Crippen MR) is 74.6 cm³/mol. The average molecular weight is 269 g/mol. The van der Waals surface area contributed by atoms with Gasteiger partial charge in [0.05, 0.1) is 5.92 Å². The molecule has 1 unspecified atom stereocenters. The molecule has 2 aromatic heterocycles. The van der Waals surface area contributed by atoms with E-state index in [1.165, 1.54) is 5.01 Å². The smallest absolute Gasteiger partial charge is 0.251 e. The van der Waals surface area contributed by atoms with Gasteiger partial charge in [0.15, 0.2) is 0 Å². The van der Waals surface area contributed by atoms with Crippen molar-refractivity contribution in [3.63, 3.8) is 0 Å². The summed E-state index contributed by atoms with van der Waals surface area (Å²) in [4.78, 5) is 20.7. The van der Waals surface area contributed by atoms with Crippen molar-refractivity contribution in [1.82, 2.24) is 15.4 Å². The Morgan fingerprint density at radius 2 is 2.30 bits per heavy atom. The third kappa shape index (κ3) is 2.26. The maximum Gasteiger partial charge on any atom is 0.251 e. The Morgan fingerprint density at radius 1 is 1.40 bits per heavy atom. The van der Waals surface area contributed by atoms with Gasteiger partial charge in [-0.2, -0.15) is 0 Å². The molecule has 1 fully saturated rings. The van der Waals surface area contributed by atoms with Gasteiger partial charge < -0.3 is 5.73 Å². The van der Waals surface area contributed by atoms with Crippen LogP contribution in [-0.2, 0) is 11.3 Å². The van der Waals surface area contributed by atoms with Crippen molar-refractivity contribution in [2.24, 2.45) is 5.73 Å². The monoisotopic (exact) mass is 269 g/mol. The van der Waals surface area contributed by atoms with E-state index >= 15 is 0 Å². The predicted octanol–water partition coefficient (Wildman–Crippen LogP) is 0.570. The third-order valence-electron chi connectivity index (χ3n) is 3.33. The lowest BCUT2D eigenvalue weighted by Gasteiger charge is -2.15. The van der Waals surface area contributed by atoms with Crippen molar-refractivity contribution in [2.45, 2.75) is 12.5 Å². The fraction of sp³-hybridized carbons (Fsp3) is 0.214. The number of rotatable bonds is 3. The number of hydrazine groups is 1. The van der Waals surface area contributed by atoms with Crippen molar-refractivity contribution < 1.29 is 4.79 Å². The van der Waals surface area contributed by atoms with Gasteiger partial charge in [-0.3, -0.25) is 9.78 Å². The van der Waals surface area contributed by atoms with E-state index < -0.39 is 0 Å². The Bertz CT molecular complexity index is 616. The van der Waals surface area contributed by atoms with Crippen LogP contribution in [0.4, 0.5) is 5.82 Å². The number of anilines is 1. The van der Waals surface area contributed by atoms with E-state index in [-0.39, 0.29) is 11.8 Å². The number of nitrogens with zero attached hydrogens (tertiary/aromatic N) is 3. The summed E-state index contributed by atoms with van der Waals surface area (Å²) in [6.07, 6.45) is 5.07. The zero-order valence-corrected chi connectivity index (χ0v) is 10.9. The van der Waals surface area contributed by atoms with Crippen LogP contribution in [0.15, 0.2) is 42.9 Å². The molecular weight excluding hydrogens is 254 g/mol. The molecule has 2 aromatic rings. The van der Waals surface area contributed by atoms with Gasteiger partial charge in [0.1, 0.15) is 5.82 Å². The number of pyridine rings is 2. The Kier molecular flexibility index (Phi) is 3.41. The summed E-state index contributed by atoms with van der Waals surface area (Å²) in [6.45, 7) is 0.961. The molecule has 3 N–H and O–H groups in total. The van der Waals surface area contributed by atoms with Crippen LogP contribution in [-0.4, -0.2) is 22.4 Å². The molecule has 6 heteroatoms. The van der Waals surface area contributed by atoms with Crippen LogP contribution in [0.1, 0.15) is 17.0 Å². The summed E-state index contributed by atoms with van der Waals surface area (Å²) in [6, 6.07) is 7.39. The molecule has 0 saturated carbocycles. The van der Waals surface area contributed by atoms with Gasteiger partial charge in [0, 0.05) is 31.7 Å². The molecule has 3 heterocycles. The van der Waals surface area contributed by atoms with Crippen LogP contribution in [0.3, 0.4) is 0 Å². The van der Waals surface area contributed by atoms with E-state index in [0.29, 0.717) is 18.9 Å². The lowest BCUT2D eigenvalue weighted by atomic mass is 10.0. The Morgan fingerprint density at radius 3 is 3.05 bits per heavy atom. The molecular formula is C14H15N5O. The summed E-state index contributed by atoms with van der Waals surface area (Å²) in [5.41, 5.74) is 10.5. The highest BCUT2D eigenvalue weighted by Gasteiger charge is 2.34. The molecule has 0 aliphatic carbocycles. The Hall–Kier alpha value is -2.31. The van der Waals surface area contributed by atoms with Gasteiger partial charge in [-0.25, -0.2) is 15.4 Å². The first-order valence-electron chi connectivity index (χ1n) is 6.42. The molecule has 3 rings (SSSR count). The highest BCUT2D eigenvalue weighted by molar-refractivity contribution is 5.98. The molecule has 1 saturated heterocycles. The van der Waals surface area contributed by atoms with Gasteiger partial charge in [-0.05, 0) is 29.3 Å². The summed E-state index contributed by atoms with van der Waals surface area (Å²) >= 11 is 0. The standard InChI is InChI=1S/C14H15N5O/c15-7-10-3-5-17-13(6-10)19-14(20)12(9-18-19)11-2-1-4-16-8-11/h1-6,8,12,18H,7,9,15H2. The summed E-state index contributed by atoms with van der Waals surface area (Å²) in [7, 11) is 0. The molecule has 0 radical (unpaired) electrons. The van der Waals surface area contributed by atoms with E-state index in [9.17, 15) is 4.79 Å². The number of hydrogen-bond acceptors (Lipinski definition) is 5. The second kappa shape index (κ2) is 5.36. The fourth-order valence-electron chi connectivity index (χ4n) is 2.25. The molecule has 20 heavy (non-hydrogen) atoms. The molecule has 0 spiro atoms. The maximum absolute atomic E-state index is 12.5. The Balaban J connectivity index is 1.85. The number of aromatic nitrogens is 2. The SMILES string of the molecule is NCc1ccnc(N2NCC(c3cccnc3)C2=O)c1. The fourth-order valence-corrected chi connectivity index (χ4v) is 2.25. The lowest BCUT2D eigenvalue weighted by molar-refractivity contribution is -0.118. The van der Waals surface area contributed by atoms with Crippen molar-refractivity contribution in [2.75, 3.05) is 11.6 Å². The number of carbonyl (C=O) groups is 1. The number of nitrogens with one attached hydrogen (secondary N) is 1. The molecule has 0 bridgehead atoms. The van der Waals surface area contributed by atoms with Crippen LogP contribution in [0.25, 0.3) is 0 Å². The molecule has 0 aromatic carbocycles. The second-order valence-corrected chi connectivity index (χ2v) is 4.60. The minimum Gasteiger partial charge on any atom is -0.326 e. The lowest BCUT2D eigenvalue weighted by Crippen LogP contribution is -2.35. The molecule has 102 valence electrons. The second-order valence-electron chi connectivity index (χ2n) is 4.60. The highest BCUT2D eigenvalue weighted by atomic mass is 16.2. The van der Waals surface area contributed by atoms with E-state index in [1.807, 2.05) is 24.3 Å². The minimum atomic E-state index is -0.230. The topological polar surface area (TPSA) is 84.1 Å². The highest BCUT2D eigenvalue weighted by Crippen LogP contribution is 2.24. The molecule has 1 amide bonds. The number of hydrogen-bond donors (Lipinski definition) is 2. The van der Waals surface area contributed by atoms with Gasteiger partial charge in [-0.1, -0.05) is 6.07 Å². The minimum absolute atomic E-state index is 0.0281. The van der Waals surface area contributed by atoms with E-state index in [1.54, 1.807) is 18.6 Å². The van der Waals surface area contributed by atoms with Crippen molar-refractivity contribution >= 4 is 11.7 Å². The summed E-state index contributed by atoms with van der Waals surface area (Å²) < 4.78 is 0. The quantitative estimate of drug-likeness (QED) is 0.851. The zero-order valence-electron chi connectivity index (χ0n) is 10.9. The van der Waals surface area contributed by atoms with Gasteiger partial charge >= 0.3 is 0 Å². The van der Waals surface area contributed by atoms with E-state index in [4.69, 9.17) is 5.73 Å². The van der Waals surface area contributed by atoms with Gasteiger partial charge in [0.2, 0.25) is 0 Å². The van der Waals surface area contributed by atoms with Crippen LogP contribution in [0.2, 0.25) is 0 Å². The van der Waals surface area contributed by atoms with Crippen LogP contribution >= 0.6 is 0 Å². The molecule has 1 aliphatic rings. The van der Waals surface area contributed by atoms with E-state index in [2.05, 4.69) is 15.4 Å². The van der Waals surface area contributed by atoms with Crippen LogP contribution in [0.5, 0.6) is 0 Å². The first kappa shape index (κ1) is 12.7. The largest absolute Gasteiger partial charge is 0.326 e. The zero-order chi connectivity index (χ0) is 13.9. The van der Waals surface area contributed by atoms with Crippen molar-refractivity contribution in [3.8, 4) is 0 Å². The van der Waals surface area contributed by atoms with Crippen molar-refractivity contribution in [3.05, 3.63) is 54.0 Å². The maximum atomic E-state index is 12.5. The number of amides is 1. The molecule has 1 aliphatic heterocycles. The Labute approximate surface area is 116 Å². The molecule has 6 nitrogen and oxygen atoms in total.